The van der Waals surface area contributed by atoms with Gasteiger partial charge in [-0.15, -0.1) is 0 Å². The van der Waals surface area contributed by atoms with Crippen molar-refractivity contribution >= 4 is 34.9 Å². The largest absolute Gasteiger partial charge is 0.454 e. The standard InChI is InChI=1S/C24H20ClF3N6O3/c25-16-8-6-15(7-9-16)20-18(14-4-2-1-3-5-14)12-34(33-20)21-17(22(36)30-11-19(29)35)10-31-23(32-21)37-13-24(26,27)28/h1-10,18H,11-13H2,(H2,29,35)(H,30,36). The molecule has 2 amide bonds. The third-order valence-electron chi connectivity index (χ3n) is 5.28. The van der Waals surface area contributed by atoms with Crippen LogP contribution in [0, 0.1) is 0 Å². The Hall–Kier alpha value is -4.19. The van der Waals surface area contributed by atoms with Crippen LogP contribution in [-0.2, 0) is 4.79 Å². The summed E-state index contributed by atoms with van der Waals surface area (Å²) in [7, 11) is 0. The Kier molecular flexibility index (Phi) is 7.58. The fourth-order valence-electron chi connectivity index (χ4n) is 3.65. The molecule has 0 fully saturated rings. The van der Waals surface area contributed by atoms with Crippen molar-refractivity contribution in [1.82, 2.24) is 15.3 Å². The number of hydrogen-bond acceptors (Lipinski definition) is 7. The van der Waals surface area contributed by atoms with Crippen LogP contribution in [0.5, 0.6) is 6.01 Å². The van der Waals surface area contributed by atoms with Crippen LogP contribution in [0.25, 0.3) is 0 Å². The molecule has 1 aromatic heterocycles. The van der Waals surface area contributed by atoms with Crippen LogP contribution in [-0.4, -0.2) is 53.4 Å². The Labute approximate surface area is 214 Å². The first-order chi connectivity index (χ1) is 17.6. The van der Waals surface area contributed by atoms with Crippen molar-refractivity contribution in [3.05, 3.63) is 82.5 Å². The SMILES string of the molecule is NC(=O)CNC(=O)c1cnc(OCC(F)(F)F)nc1N1CC(c2ccccc2)C(c2ccc(Cl)cc2)=N1. The van der Waals surface area contributed by atoms with Crippen LogP contribution in [0.3, 0.4) is 0 Å². The monoisotopic (exact) mass is 532 g/mol. The van der Waals surface area contributed by atoms with Crippen LogP contribution in [0.2, 0.25) is 5.02 Å². The van der Waals surface area contributed by atoms with Crippen molar-refractivity contribution < 1.29 is 27.5 Å². The Morgan fingerprint density at radius 3 is 2.49 bits per heavy atom. The molecule has 1 aliphatic heterocycles. The van der Waals surface area contributed by atoms with Gasteiger partial charge in [-0.3, -0.25) is 9.59 Å². The Morgan fingerprint density at radius 2 is 1.84 bits per heavy atom. The summed E-state index contributed by atoms with van der Waals surface area (Å²) in [6.45, 7) is -1.88. The van der Waals surface area contributed by atoms with Crippen molar-refractivity contribution in [2.24, 2.45) is 10.8 Å². The third kappa shape index (κ3) is 6.53. The van der Waals surface area contributed by atoms with Crippen LogP contribution >= 0.6 is 11.6 Å². The summed E-state index contributed by atoms with van der Waals surface area (Å²) < 4.78 is 42.8. The van der Waals surface area contributed by atoms with E-state index in [1.165, 1.54) is 5.01 Å². The topological polar surface area (TPSA) is 123 Å². The molecule has 0 bridgehead atoms. The van der Waals surface area contributed by atoms with E-state index >= 15 is 0 Å². The Morgan fingerprint density at radius 1 is 1.14 bits per heavy atom. The van der Waals surface area contributed by atoms with Crippen molar-refractivity contribution in [3.63, 3.8) is 0 Å². The number of alkyl halides is 3. The molecule has 2 aromatic carbocycles. The molecule has 192 valence electrons. The van der Waals surface area contributed by atoms with Gasteiger partial charge in [0, 0.05) is 17.1 Å². The highest BCUT2D eigenvalue weighted by atomic mass is 35.5. The number of rotatable bonds is 8. The van der Waals surface area contributed by atoms with Crippen molar-refractivity contribution in [3.8, 4) is 6.01 Å². The first-order valence-corrected chi connectivity index (χ1v) is 11.3. The number of hydrogen-bond donors (Lipinski definition) is 2. The highest BCUT2D eigenvalue weighted by molar-refractivity contribution is 6.30. The molecule has 1 atom stereocenters. The number of benzene rings is 2. The maximum atomic E-state index is 12.8. The van der Waals surface area contributed by atoms with E-state index < -0.39 is 37.2 Å². The van der Waals surface area contributed by atoms with Gasteiger partial charge in [-0.1, -0.05) is 54.1 Å². The number of nitrogens with zero attached hydrogens (tertiary/aromatic N) is 4. The van der Waals surface area contributed by atoms with Crippen LogP contribution in [0.1, 0.15) is 27.4 Å². The quantitative estimate of drug-likeness (QED) is 0.459. The molecule has 37 heavy (non-hydrogen) atoms. The summed E-state index contributed by atoms with van der Waals surface area (Å²) in [6, 6.07) is 15.8. The number of aromatic nitrogens is 2. The summed E-state index contributed by atoms with van der Waals surface area (Å²) in [4.78, 5) is 31.7. The highest BCUT2D eigenvalue weighted by Gasteiger charge is 2.34. The fraction of sp³-hybridized carbons (Fsp3) is 0.208. The van der Waals surface area contributed by atoms with Gasteiger partial charge >= 0.3 is 12.2 Å². The molecule has 3 aromatic rings. The molecule has 0 spiro atoms. The average Bonchev–Trinajstić information content (AvgIpc) is 3.32. The maximum absolute atomic E-state index is 12.8. The molecule has 3 N–H and O–H groups in total. The van der Waals surface area contributed by atoms with E-state index in [-0.39, 0.29) is 23.8 Å². The third-order valence-corrected chi connectivity index (χ3v) is 5.53. The predicted molar refractivity (Wildman–Crippen MR) is 130 cm³/mol. The molecule has 2 heterocycles. The van der Waals surface area contributed by atoms with Gasteiger partial charge in [0.1, 0.15) is 5.56 Å². The minimum Gasteiger partial charge on any atom is -0.454 e. The van der Waals surface area contributed by atoms with Gasteiger partial charge in [-0.2, -0.15) is 23.3 Å². The number of ether oxygens (including phenoxy) is 1. The lowest BCUT2D eigenvalue weighted by molar-refractivity contribution is -0.154. The van der Waals surface area contributed by atoms with Crippen molar-refractivity contribution in [1.29, 1.82) is 0 Å². The van der Waals surface area contributed by atoms with Crippen LogP contribution in [0.15, 0.2) is 65.9 Å². The highest BCUT2D eigenvalue weighted by Crippen LogP contribution is 2.33. The maximum Gasteiger partial charge on any atom is 0.422 e. The number of carbonyl (C=O) groups is 2. The van der Waals surface area contributed by atoms with E-state index in [0.717, 1.165) is 17.3 Å². The van der Waals surface area contributed by atoms with E-state index in [0.29, 0.717) is 10.7 Å². The zero-order chi connectivity index (χ0) is 26.6. The smallest absolute Gasteiger partial charge is 0.422 e. The number of nitrogens with one attached hydrogen (secondary N) is 1. The molecule has 4 rings (SSSR count). The molecule has 9 nitrogen and oxygen atoms in total. The second kappa shape index (κ2) is 10.8. The summed E-state index contributed by atoms with van der Waals surface area (Å²) in [6.07, 6.45) is -3.61. The summed E-state index contributed by atoms with van der Waals surface area (Å²) >= 11 is 6.04. The molecule has 1 unspecified atom stereocenters. The predicted octanol–water partition coefficient (Wildman–Crippen LogP) is 3.29. The van der Waals surface area contributed by atoms with Gasteiger partial charge < -0.3 is 15.8 Å². The van der Waals surface area contributed by atoms with Gasteiger partial charge in [0.05, 0.1) is 18.8 Å². The number of nitrogens with two attached hydrogens (primary N) is 1. The lowest BCUT2D eigenvalue weighted by Crippen LogP contribution is -2.34. The second-order valence-corrected chi connectivity index (χ2v) is 8.42. The van der Waals surface area contributed by atoms with Crippen molar-refractivity contribution in [2.75, 3.05) is 24.7 Å². The molecule has 1 aliphatic rings. The first kappa shape index (κ1) is 25.9. The molecule has 0 aliphatic carbocycles. The minimum absolute atomic E-state index is 0.0981. The normalized spacial score (nSPS) is 15.3. The van der Waals surface area contributed by atoms with E-state index in [2.05, 4.69) is 20.4 Å². The number of amides is 2. The first-order valence-electron chi connectivity index (χ1n) is 10.9. The second-order valence-electron chi connectivity index (χ2n) is 7.98. The zero-order valence-corrected chi connectivity index (χ0v) is 19.8. The van der Waals surface area contributed by atoms with E-state index in [9.17, 15) is 22.8 Å². The number of hydrazone groups is 1. The van der Waals surface area contributed by atoms with Crippen LogP contribution in [0.4, 0.5) is 19.0 Å². The summed E-state index contributed by atoms with van der Waals surface area (Å²) in [5, 5.41) is 8.92. The van der Waals surface area contributed by atoms with Gasteiger partial charge in [-0.05, 0) is 23.3 Å². The number of primary amides is 1. The molecule has 0 saturated carbocycles. The Balaban J connectivity index is 1.76. The number of anilines is 1. The van der Waals surface area contributed by atoms with Gasteiger partial charge in [0.25, 0.3) is 5.91 Å². The lowest BCUT2D eigenvalue weighted by atomic mass is 9.91. The van der Waals surface area contributed by atoms with Crippen molar-refractivity contribution in [2.45, 2.75) is 12.1 Å². The van der Waals surface area contributed by atoms with Gasteiger partial charge in [-0.25, -0.2) is 9.99 Å². The summed E-state index contributed by atoms with van der Waals surface area (Å²) in [5.74, 6) is -1.92. The minimum atomic E-state index is -4.62. The zero-order valence-electron chi connectivity index (χ0n) is 19.1. The Bertz CT molecular complexity index is 1320. The van der Waals surface area contributed by atoms with E-state index in [1.807, 2.05) is 30.3 Å². The molecule has 0 radical (unpaired) electrons. The summed E-state index contributed by atoms with van der Waals surface area (Å²) in [5.41, 5.74) is 7.27. The molecular weight excluding hydrogens is 513 g/mol. The molecule has 0 saturated heterocycles. The molecular formula is C24H20ClF3N6O3. The average molecular weight is 533 g/mol. The number of carbonyl (C=O) groups excluding carboxylic acids is 2. The van der Waals surface area contributed by atoms with Gasteiger partial charge in [0.15, 0.2) is 12.4 Å². The molecule has 13 heteroatoms. The van der Waals surface area contributed by atoms with Gasteiger partial charge in [0.2, 0.25) is 5.91 Å². The van der Waals surface area contributed by atoms with Crippen LogP contribution < -0.4 is 20.8 Å². The van der Waals surface area contributed by atoms with E-state index in [1.54, 1.807) is 24.3 Å². The fourth-order valence-corrected chi connectivity index (χ4v) is 3.78. The van der Waals surface area contributed by atoms with E-state index in [4.69, 9.17) is 22.1 Å². The lowest BCUT2D eigenvalue weighted by Gasteiger charge is -2.19. The number of halogens is 4.